The third-order valence-corrected chi connectivity index (χ3v) is 5.74. The Morgan fingerprint density at radius 2 is 2.10 bits per heavy atom. The zero-order valence-electron chi connectivity index (χ0n) is 16.6. The van der Waals surface area contributed by atoms with Gasteiger partial charge in [0.15, 0.2) is 5.82 Å². The first-order valence-electron chi connectivity index (χ1n) is 9.86. The molecule has 0 unspecified atom stereocenters. The van der Waals surface area contributed by atoms with E-state index in [2.05, 4.69) is 44.3 Å². The van der Waals surface area contributed by atoms with Crippen LogP contribution in [0.3, 0.4) is 0 Å². The van der Waals surface area contributed by atoms with Crippen molar-refractivity contribution in [3.63, 3.8) is 0 Å². The number of halogens is 1. The maximum absolute atomic E-state index is 12.7. The standard InChI is InChI=1S/C21H23ClN6OS/c1-14-4-6-15(7-5-14)19-25-21(30)28(26-19)13-27-10-2-3-16(12-27)20(29)24-18-9-8-17(22)11-23-18/h4-9,11,16H,2-3,10,12-13H2,1H3,(H,23,24,29)(H,25,26,30)/t16-/m1/s1. The summed E-state index contributed by atoms with van der Waals surface area (Å²) in [5.41, 5.74) is 2.19. The van der Waals surface area contributed by atoms with Crippen molar-refractivity contribution < 1.29 is 4.79 Å². The second kappa shape index (κ2) is 9.07. The number of nitrogens with zero attached hydrogens (tertiary/aromatic N) is 4. The molecule has 0 saturated carbocycles. The van der Waals surface area contributed by atoms with Crippen molar-refractivity contribution >= 4 is 35.5 Å². The smallest absolute Gasteiger partial charge is 0.229 e. The number of pyridine rings is 1. The summed E-state index contributed by atoms with van der Waals surface area (Å²) in [4.78, 5) is 23.5. The molecule has 3 heterocycles. The molecule has 30 heavy (non-hydrogen) atoms. The van der Waals surface area contributed by atoms with Gasteiger partial charge in [0, 0.05) is 18.3 Å². The van der Waals surface area contributed by atoms with E-state index in [0.717, 1.165) is 30.8 Å². The van der Waals surface area contributed by atoms with Gasteiger partial charge >= 0.3 is 0 Å². The number of likely N-dealkylation sites (tertiary alicyclic amines) is 1. The number of aryl methyl sites for hydroxylation is 1. The number of hydrogen-bond acceptors (Lipinski definition) is 5. The second-order valence-corrected chi connectivity index (χ2v) is 8.36. The van der Waals surface area contributed by atoms with Crippen LogP contribution in [0.2, 0.25) is 5.02 Å². The average Bonchev–Trinajstić information content (AvgIpc) is 3.10. The van der Waals surface area contributed by atoms with Crippen molar-refractivity contribution in [1.82, 2.24) is 24.6 Å². The number of benzene rings is 1. The Bertz CT molecular complexity index is 1080. The van der Waals surface area contributed by atoms with Crippen LogP contribution >= 0.6 is 23.8 Å². The van der Waals surface area contributed by atoms with Gasteiger partial charge in [-0.1, -0.05) is 41.4 Å². The maximum Gasteiger partial charge on any atom is 0.229 e. The highest BCUT2D eigenvalue weighted by Gasteiger charge is 2.26. The van der Waals surface area contributed by atoms with E-state index < -0.39 is 0 Å². The first kappa shape index (κ1) is 20.7. The largest absolute Gasteiger partial charge is 0.310 e. The Kier molecular flexibility index (Phi) is 6.26. The summed E-state index contributed by atoms with van der Waals surface area (Å²) >= 11 is 11.3. The van der Waals surface area contributed by atoms with Crippen LogP contribution in [0, 0.1) is 17.6 Å². The molecule has 1 amide bonds. The van der Waals surface area contributed by atoms with E-state index in [4.69, 9.17) is 23.8 Å². The van der Waals surface area contributed by atoms with Gasteiger partial charge in [0.25, 0.3) is 0 Å². The van der Waals surface area contributed by atoms with Crippen LogP contribution in [-0.2, 0) is 11.5 Å². The summed E-state index contributed by atoms with van der Waals surface area (Å²) in [6.45, 7) is 4.18. The minimum absolute atomic E-state index is 0.0249. The zero-order valence-corrected chi connectivity index (χ0v) is 18.2. The maximum atomic E-state index is 12.7. The highest BCUT2D eigenvalue weighted by atomic mass is 35.5. The lowest BCUT2D eigenvalue weighted by atomic mass is 9.97. The Hall–Kier alpha value is -2.55. The third kappa shape index (κ3) is 4.95. The summed E-state index contributed by atoms with van der Waals surface area (Å²) in [6, 6.07) is 11.6. The molecule has 1 aliphatic heterocycles. The molecule has 7 nitrogen and oxygen atoms in total. The van der Waals surface area contributed by atoms with Crippen molar-refractivity contribution in [3.05, 3.63) is 58.0 Å². The molecule has 4 rings (SSSR count). The number of carbonyl (C=O) groups excluding carboxylic acids is 1. The van der Waals surface area contributed by atoms with Crippen LogP contribution in [-0.4, -0.2) is 43.6 Å². The Morgan fingerprint density at radius 1 is 1.30 bits per heavy atom. The first-order valence-corrected chi connectivity index (χ1v) is 10.7. The Balaban J connectivity index is 1.40. The van der Waals surface area contributed by atoms with Crippen molar-refractivity contribution in [2.75, 3.05) is 18.4 Å². The molecule has 1 aliphatic rings. The van der Waals surface area contributed by atoms with Crippen LogP contribution in [0.5, 0.6) is 0 Å². The minimum atomic E-state index is -0.107. The molecule has 0 spiro atoms. The lowest BCUT2D eigenvalue weighted by molar-refractivity contribution is -0.121. The predicted octanol–water partition coefficient (Wildman–Crippen LogP) is 4.27. The van der Waals surface area contributed by atoms with Gasteiger partial charge in [-0.05, 0) is 50.7 Å². The average molecular weight is 443 g/mol. The minimum Gasteiger partial charge on any atom is -0.310 e. The number of piperidine rings is 1. The summed E-state index contributed by atoms with van der Waals surface area (Å²) in [5, 5.41) is 6.71. The molecule has 0 aliphatic carbocycles. The van der Waals surface area contributed by atoms with Gasteiger partial charge in [-0.2, -0.15) is 4.98 Å². The molecule has 2 N–H and O–H groups in total. The van der Waals surface area contributed by atoms with Crippen LogP contribution in [0.1, 0.15) is 18.4 Å². The zero-order chi connectivity index (χ0) is 21.1. The molecule has 156 valence electrons. The van der Waals surface area contributed by atoms with Crippen molar-refractivity contribution in [1.29, 1.82) is 0 Å². The summed E-state index contributed by atoms with van der Waals surface area (Å²) in [7, 11) is 0. The number of nitrogens with one attached hydrogen (secondary N) is 2. The number of carbonyl (C=O) groups is 1. The quantitative estimate of drug-likeness (QED) is 0.577. The molecule has 1 fully saturated rings. The highest BCUT2D eigenvalue weighted by molar-refractivity contribution is 7.71. The molecule has 1 saturated heterocycles. The monoisotopic (exact) mass is 442 g/mol. The molecule has 3 aromatic rings. The van der Waals surface area contributed by atoms with E-state index in [0.29, 0.717) is 28.8 Å². The molecule has 0 radical (unpaired) electrons. The van der Waals surface area contributed by atoms with Gasteiger partial charge < -0.3 is 5.32 Å². The number of H-pyrrole nitrogens is 1. The topological polar surface area (TPSA) is 78.8 Å². The molecule has 1 atom stereocenters. The number of aromatic nitrogens is 4. The van der Waals surface area contributed by atoms with E-state index in [9.17, 15) is 4.79 Å². The van der Waals surface area contributed by atoms with Gasteiger partial charge in [-0.3, -0.25) is 14.8 Å². The molecular weight excluding hydrogens is 420 g/mol. The summed E-state index contributed by atoms with van der Waals surface area (Å²) < 4.78 is 2.36. The molecule has 2 aromatic heterocycles. The molecular formula is C21H23ClN6OS. The van der Waals surface area contributed by atoms with E-state index in [1.54, 1.807) is 12.1 Å². The van der Waals surface area contributed by atoms with Gasteiger partial charge in [-0.25, -0.2) is 9.67 Å². The van der Waals surface area contributed by atoms with Crippen molar-refractivity contribution in [2.45, 2.75) is 26.4 Å². The van der Waals surface area contributed by atoms with E-state index in [1.807, 2.05) is 16.8 Å². The number of rotatable bonds is 5. The number of anilines is 1. The molecule has 1 aromatic carbocycles. The van der Waals surface area contributed by atoms with Crippen LogP contribution in [0.15, 0.2) is 42.6 Å². The fraction of sp³-hybridized carbons (Fsp3) is 0.333. The number of hydrogen-bond donors (Lipinski definition) is 2. The Morgan fingerprint density at radius 3 is 2.83 bits per heavy atom. The lowest BCUT2D eigenvalue weighted by Gasteiger charge is -2.31. The normalized spacial score (nSPS) is 17.1. The van der Waals surface area contributed by atoms with Crippen LogP contribution < -0.4 is 5.32 Å². The lowest BCUT2D eigenvalue weighted by Crippen LogP contribution is -2.41. The third-order valence-electron chi connectivity index (χ3n) is 5.20. The highest BCUT2D eigenvalue weighted by Crippen LogP contribution is 2.20. The van der Waals surface area contributed by atoms with E-state index in [1.165, 1.54) is 11.8 Å². The van der Waals surface area contributed by atoms with Crippen molar-refractivity contribution in [2.24, 2.45) is 5.92 Å². The van der Waals surface area contributed by atoms with E-state index >= 15 is 0 Å². The molecule has 0 bridgehead atoms. The first-order chi connectivity index (χ1) is 14.5. The van der Waals surface area contributed by atoms with E-state index in [-0.39, 0.29) is 11.8 Å². The summed E-state index contributed by atoms with van der Waals surface area (Å²) in [5.74, 6) is 1.13. The predicted molar refractivity (Wildman–Crippen MR) is 120 cm³/mol. The van der Waals surface area contributed by atoms with Gasteiger partial charge in [0.05, 0.1) is 17.6 Å². The Labute approximate surface area is 185 Å². The summed E-state index contributed by atoms with van der Waals surface area (Å²) in [6.07, 6.45) is 3.31. The fourth-order valence-electron chi connectivity index (χ4n) is 3.57. The number of amides is 1. The van der Waals surface area contributed by atoms with Crippen LogP contribution in [0.25, 0.3) is 11.4 Å². The molecule has 9 heteroatoms. The second-order valence-electron chi connectivity index (χ2n) is 7.56. The van der Waals surface area contributed by atoms with Crippen LogP contribution in [0.4, 0.5) is 5.82 Å². The van der Waals surface area contributed by atoms with Gasteiger partial charge in [0.2, 0.25) is 10.7 Å². The van der Waals surface area contributed by atoms with Gasteiger partial charge in [0.1, 0.15) is 5.82 Å². The van der Waals surface area contributed by atoms with Crippen molar-refractivity contribution in [3.8, 4) is 11.4 Å². The SMILES string of the molecule is Cc1ccc(-c2nc(=S)n(CN3CCC[C@@H](C(=O)Nc4ccc(Cl)cn4)C3)[nH]2)cc1. The fourth-order valence-corrected chi connectivity index (χ4v) is 3.88. The number of aromatic amines is 1. The van der Waals surface area contributed by atoms with Gasteiger partial charge in [-0.15, -0.1) is 0 Å².